The number of thiazole rings is 1. The Morgan fingerprint density at radius 2 is 2.05 bits per heavy atom. The van der Waals surface area contributed by atoms with Gasteiger partial charge in [-0.25, -0.2) is 4.98 Å². The molecule has 1 saturated carbocycles. The zero-order chi connectivity index (χ0) is 13.8. The third kappa shape index (κ3) is 3.38. The molecule has 1 aromatic rings. The van der Waals surface area contributed by atoms with Gasteiger partial charge in [0.1, 0.15) is 0 Å². The Labute approximate surface area is 124 Å². The fraction of sp³-hybridized carbons (Fsp3) is 0.733. The van der Waals surface area contributed by atoms with E-state index < -0.39 is 0 Å². The lowest BCUT2D eigenvalue weighted by atomic mass is 9.98. The van der Waals surface area contributed by atoms with Crippen LogP contribution >= 0.6 is 11.3 Å². The molecule has 3 rings (SSSR count). The third-order valence-electron chi connectivity index (χ3n) is 4.46. The van der Waals surface area contributed by atoms with Gasteiger partial charge in [0.2, 0.25) is 5.91 Å². The van der Waals surface area contributed by atoms with Gasteiger partial charge in [-0.05, 0) is 25.8 Å². The van der Waals surface area contributed by atoms with Gasteiger partial charge in [-0.2, -0.15) is 0 Å². The summed E-state index contributed by atoms with van der Waals surface area (Å²) in [6.07, 6.45) is 8.80. The first-order valence-corrected chi connectivity index (χ1v) is 8.68. The summed E-state index contributed by atoms with van der Waals surface area (Å²) < 4.78 is 0. The minimum atomic E-state index is 0.111. The molecule has 0 radical (unpaired) electrons. The van der Waals surface area contributed by atoms with Crippen LogP contribution in [0.15, 0.2) is 5.38 Å². The van der Waals surface area contributed by atoms with Crippen LogP contribution in [0, 0.1) is 5.92 Å². The van der Waals surface area contributed by atoms with Crippen molar-refractivity contribution < 1.29 is 4.79 Å². The number of carbonyl (C=O) groups is 1. The highest BCUT2D eigenvalue weighted by Gasteiger charge is 2.24. The number of nitrogens with zero attached hydrogens (tertiary/aromatic N) is 1. The number of carbonyl (C=O) groups excluding carboxylic acids is 1. The first-order valence-electron chi connectivity index (χ1n) is 7.80. The van der Waals surface area contributed by atoms with Crippen LogP contribution in [0.1, 0.15) is 56.6 Å². The zero-order valence-electron chi connectivity index (χ0n) is 11.9. The summed E-state index contributed by atoms with van der Waals surface area (Å²) in [5, 5.41) is 9.13. The van der Waals surface area contributed by atoms with Crippen LogP contribution in [-0.4, -0.2) is 24.0 Å². The summed E-state index contributed by atoms with van der Waals surface area (Å²) >= 11 is 1.57. The molecule has 1 aliphatic carbocycles. The Morgan fingerprint density at radius 1 is 1.25 bits per heavy atom. The second-order valence-electron chi connectivity index (χ2n) is 5.94. The summed E-state index contributed by atoms with van der Waals surface area (Å²) in [6, 6.07) is 0. The molecule has 0 bridgehead atoms. The number of aromatic nitrogens is 1. The van der Waals surface area contributed by atoms with E-state index in [1.165, 1.54) is 44.2 Å². The van der Waals surface area contributed by atoms with Gasteiger partial charge in [0, 0.05) is 17.8 Å². The minimum Gasteiger partial charge on any atom is -0.316 e. The van der Waals surface area contributed by atoms with Crippen LogP contribution in [0.25, 0.3) is 0 Å². The van der Waals surface area contributed by atoms with Crippen LogP contribution in [-0.2, 0) is 4.79 Å². The Kier molecular flexibility index (Phi) is 4.68. The monoisotopic (exact) mass is 293 g/mol. The van der Waals surface area contributed by atoms with Crippen molar-refractivity contribution in [2.24, 2.45) is 5.92 Å². The van der Waals surface area contributed by atoms with E-state index in [0.717, 1.165) is 24.6 Å². The Bertz CT molecular complexity index is 446. The Morgan fingerprint density at radius 3 is 2.75 bits per heavy atom. The molecule has 1 amide bonds. The second kappa shape index (κ2) is 6.68. The number of rotatable bonds is 3. The smallest absolute Gasteiger partial charge is 0.230 e. The molecule has 1 saturated heterocycles. The van der Waals surface area contributed by atoms with Crippen LogP contribution in [0.5, 0.6) is 0 Å². The van der Waals surface area contributed by atoms with Crippen molar-refractivity contribution in [3.05, 3.63) is 11.1 Å². The number of hydrogen-bond acceptors (Lipinski definition) is 4. The fourth-order valence-corrected chi connectivity index (χ4v) is 3.99. The average molecular weight is 293 g/mol. The maximum absolute atomic E-state index is 12.1. The van der Waals surface area contributed by atoms with Gasteiger partial charge in [0.25, 0.3) is 0 Å². The van der Waals surface area contributed by atoms with Gasteiger partial charge < -0.3 is 10.6 Å². The highest BCUT2D eigenvalue weighted by atomic mass is 32.1. The first kappa shape index (κ1) is 14.0. The van der Waals surface area contributed by atoms with E-state index in [-0.39, 0.29) is 11.8 Å². The quantitative estimate of drug-likeness (QED) is 0.842. The molecule has 2 aliphatic rings. The molecule has 2 N–H and O–H groups in total. The normalized spacial score (nSPS) is 24.5. The largest absolute Gasteiger partial charge is 0.316 e. The van der Waals surface area contributed by atoms with Crippen LogP contribution < -0.4 is 10.6 Å². The predicted molar refractivity (Wildman–Crippen MR) is 82.2 cm³/mol. The topological polar surface area (TPSA) is 54.0 Å². The molecule has 1 aliphatic heterocycles. The number of hydrogen-bond donors (Lipinski definition) is 2. The summed E-state index contributed by atoms with van der Waals surface area (Å²) in [6.45, 7) is 1.75. The molecule has 1 aromatic heterocycles. The van der Waals surface area contributed by atoms with Gasteiger partial charge in [-0.15, -0.1) is 11.3 Å². The van der Waals surface area contributed by atoms with Crippen molar-refractivity contribution in [2.45, 2.75) is 50.9 Å². The highest BCUT2D eigenvalue weighted by Crippen LogP contribution is 2.33. The van der Waals surface area contributed by atoms with Gasteiger partial charge >= 0.3 is 0 Å². The SMILES string of the molecule is O=C(Nc1nc(C2CCCCCC2)cs1)C1CCNC1. The van der Waals surface area contributed by atoms with Gasteiger partial charge in [-0.1, -0.05) is 25.7 Å². The number of amides is 1. The standard InChI is InChI=1S/C15H23N3OS/c19-14(12-7-8-16-9-12)18-15-17-13(10-20-15)11-5-3-1-2-4-6-11/h10-12,16H,1-9H2,(H,17,18,19). The van der Waals surface area contributed by atoms with E-state index >= 15 is 0 Å². The lowest BCUT2D eigenvalue weighted by Gasteiger charge is -2.10. The lowest BCUT2D eigenvalue weighted by Crippen LogP contribution is -2.24. The second-order valence-corrected chi connectivity index (χ2v) is 6.80. The number of anilines is 1. The maximum Gasteiger partial charge on any atom is 0.230 e. The van der Waals surface area contributed by atoms with E-state index in [1.54, 1.807) is 11.3 Å². The van der Waals surface area contributed by atoms with Crippen LogP contribution in [0.3, 0.4) is 0 Å². The molecule has 5 heteroatoms. The molecular formula is C15H23N3OS. The van der Waals surface area contributed by atoms with Crippen LogP contribution in [0.2, 0.25) is 0 Å². The molecule has 1 unspecified atom stereocenters. The van der Waals surface area contributed by atoms with E-state index in [4.69, 9.17) is 0 Å². The van der Waals surface area contributed by atoms with E-state index in [1.807, 2.05) is 0 Å². The molecule has 0 aromatic carbocycles. The van der Waals surface area contributed by atoms with Crippen LogP contribution in [0.4, 0.5) is 5.13 Å². The molecule has 1 atom stereocenters. The van der Waals surface area contributed by atoms with Crippen molar-refractivity contribution in [2.75, 3.05) is 18.4 Å². The van der Waals surface area contributed by atoms with Crippen molar-refractivity contribution in [3.8, 4) is 0 Å². The highest BCUT2D eigenvalue weighted by molar-refractivity contribution is 7.13. The first-order chi connectivity index (χ1) is 9.83. The minimum absolute atomic E-state index is 0.111. The fourth-order valence-electron chi connectivity index (χ4n) is 3.19. The van der Waals surface area contributed by atoms with Crippen molar-refractivity contribution >= 4 is 22.4 Å². The summed E-state index contributed by atoms with van der Waals surface area (Å²) in [5.41, 5.74) is 1.19. The van der Waals surface area contributed by atoms with Crippen molar-refractivity contribution in [1.82, 2.24) is 10.3 Å². The molecule has 2 fully saturated rings. The average Bonchev–Trinajstić information content (AvgIpc) is 3.06. The third-order valence-corrected chi connectivity index (χ3v) is 5.23. The summed E-state index contributed by atoms with van der Waals surface area (Å²) in [5.74, 6) is 0.838. The molecule has 0 spiro atoms. The van der Waals surface area contributed by atoms with E-state index in [2.05, 4.69) is 21.0 Å². The lowest BCUT2D eigenvalue weighted by molar-refractivity contribution is -0.119. The molecule has 20 heavy (non-hydrogen) atoms. The van der Waals surface area contributed by atoms with Crippen molar-refractivity contribution in [1.29, 1.82) is 0 Å². The molecule has 4 nitrogen and oxygen atoms in total. The van der Waals surface area contributed by atoms with Crippen molar-refractivity contribution in [3.63, 3.8) is 0 Å². The summed E-state index contributed by atoms with van der Waals surface area (Å²) in [4.78, 5) is 16.7. The summed E-state index contributed by atoms with van der Waals surface area (Å²) in [7, 11) is 0. The Hall–Kier alpha value is -0.940. The maximum atomic E-state index is 12.1. The number of nitrogens with one attached hydrogen (secondary N) is 2. The van der Waals surface area contributed by atoms with Gasteiger partial charge in [0.05, 0.1) is 11.6 Å². The Balaban J connectivity index is 1.59. The van der Waals surface area contributed by atoms with Gasteiger partial charge in [-0.3, -0.25) is 4.79 Å². The molecule has 110 valence electrons. The zero-order valence-corrected chi connectivity index (χ0v) is 12.7. The molecular weight excluding hydrogens is 270 g/mol. The van der Waals surface area contributed by atoms with E-state index in [9.17, 15) is 4.79 Å². The van der Waals surface area contributed by atoms with Gasteiger partial charge in [0.15, 0.2) is 5.13 Å². The molecule has 2 heterocycles. The van der Waals surface area contributed by atoms with E-state index in [0.29, 0.717) is 5.92 Å². The predicted octanol–water partition coefficient (Wildman–Crippen LogP) is 3.13.